The summed E-state index contributed by atoms with van der Waals surface area (Å²) in [5.74, 6) is -0.0980. The summed E-state index contributed by atoms with van der Waals surface area (Å²) in [6, 6.07) is 0. The van der Waals surface area contributed by atoms with Crippen LogP contribution in [0.1, 0.15) is 20.8 Å². The van der Waals surface area contributed by atoms with Crippen LogP contribution in [0.2, 0.25) is 0 Å². The van der Waals surface area contributed by atoms with Crippen LogP contribution in [0.15, 0.2) is 0 Å². The van der Waals surface area contributed by atoms with Crippen molar-refractivity contribution in [3.05, 3.63) is 0 Å². The van der Waals surface area contributed by atoms with Crippen LogP contribution >= 0.6 is 0 Å². The second-order valence-corrected chi connectivity index (χ2v) is 4.45. The first kappa shape index (κ1) is 12.4. The predicted octanol–water partition coefficient (Wildman–Crippen LogP) is 0.390. The Kier molecular flexibility index (Phi) is 4.94. The molecule has 0 radical (unpaired) electrons. The van der Waals surface area contributed by atoms with Gasteiger partial charge in [-0.2, -0.15) is 0 Å². The number of alkyl carbamates (subject to hydrolysis) is 1. The minimum Gasteiger partial charge on any atom is -0.772 e. The minimum absolute atomic E-state index is 0.0744. The van der Waals surface area contributed by atoms with Crippen molar-refractivity contribution in [2.45, 2.75) is 26.4 Å². The Morgan fingerprint density at radius 1 is 1.54 bits per heavy atom. The highest BCUT2D eigenvalue weighted by Crippen LogP contribution is 2.05. The normalized spacial score (nSPS) is 13.5. The molecule has 0 rings (SSSR count). The van der Waals surface area contributed by atoms with Gasteiger partial charge in [0.05, 0.1) is 0 Å². The van der Waals surface area contributed by atoms with Crippen LogP contribution in [0.3, 0.4) is 0 Å². The minimum atomic E-state index is -2.13. The molecule has 0 aromatic heterocycles. The van der Waals surface area contributed by atoms with Crippen molar-refractivity contribution in [2.75, 3.05) is 12.3 Å². The van der Waals surface area contributed by atoms with E-state index >= 15 is 0 Å². The van der Waals surface area contributed by atoms with Crippen molar-refractivity contribution < 1.29 is 18.3 Å². The number of ether oxygens (including phenoxy) is 1. The van der Waals surface area contributed by atoms with Gasteiger partial charge in [0.15, 0.2) is 0 Å². The van der Waals surface area contributed by atoms with Crippen molar-refractivity contribution in [3.63, 3.8) is 0 Å². The molecular formula is C7H14NO4S-. The lowest BCUT2D eigenvalue weighted by Crippen LogP contribution is -2.34. The molecule has 0 fully saturated rings. The molecule has 0 saturated carbocycles. The molecule has 0 aliphatic carbocycles. The van der Waals surface area contributed by atoms with E-state index in [0.29, 0.717) is 0 Å². The van der Waals surface area contributed by atoms with E-state index in [-0.39, 0.29) is 12.3 Å². The largest absolute Gasteiger partial charge is 0.772 e. The highest BCUT2D eigenvalue weighted by molar-refractivity contribution is 7.79. The molecule has 1 amide bonds. The van der Waals surface area contributed by atoms with Gasteiger partial charge in [0, 0.05) is 12.3 Å². The molecule has 1 N–H and O–H groups in total. The maximum Gasteiger partial charge on any atom is 0.407 e. The lowest BCUT2D eigenvalue weighted by Gasteiger charge is -2.19. The van der Waals surface area contributed by atoms with Gasteiger partial charge in [-0.1, -0.05) is 11.1 Å². The lowest BCUT2D eigenvalue weighted by atomic mass is 10.2. The SMILES string of the molecule is CC(C)(C)OC(=O)NCCS(=O)[O-]. The molecule has 0 aromatic rings. The van der Waals surface area contributed by atoms with Gasteiger partial charge in [0.1, 0.15) is 5.60 Å². The summed E-state index contributed by atoms with van der Waals surface area (Å²) in [7, 11) is 0. The fourth-order valence-electron chi connectivity index (χ4n) is 0.551. The zero-order valence-corrected chi connectivity index (χ0v) is 8.77. The van der Waals surface area contributed by atoms with Gasteiger partial charge in [-0.25, -0.2) is 4.79 Å². The Balaban J connectivity index is 3.59. The molecule has 0 saturated heterocycles. The van der Waals surface area contributed by atoms with Gasteiger partial charge >= 0.3 is 6.09 Å². The highest BCUT2D eigenvalue weighted by Gasteiger charge is 2.15. The van der Waals surface area contributed by atoms with Crippen LogP contribution in [0, 0.1) is 0 Å². The summed E-state index contributed by atoms with van der Waals surface area (Å²) in [4.78, 5) is 10.9. The molecular weight excluding hydrogens is 194 g/mol. The average Bonchev–Trinajstić information content (AvgIpc) is 1.81. The summed E-state index contributed by atoms with van der Waals surface area (Å²) in [6.45, 7) is 5.28. The summed E-state index contributed by atoms with van der Waals surface area (Å²) in [5.41, 5.74) is -0.555. The molecule has 0 heterocycles. The zero-order chi connectivity index (χ0) is 10.5. The first-order valence-electron chi connectivity index (χ1n) is 3.84. The van der Waals surface area contributed by atoms with E-state index in [2.05, 4.69) is 5.32 Å². The quantitative estimate of drug-likeness (QED) is 0.680. The van der Waals surface area contributed by atoms with Gasteiger partial charge in [-0.3, -0.25) is 4.21 Å². The number of nitrogens with one attached hydrogen (secondary N) is 1. The van der Waals surface area contributed by atoms with E-state index in [1.165, 1.54) is 0 Å². The second kappa shape index (κ2) is 5.18. The number of rotatable bonds is 3. The van der Waals surface area contributed by atoms with Gasteiger partial charge in [0.25, 0.3) is 0 Å². The zero-order valence-electron chi connectivity index (χ0n) is 7.96. The van der Waals surface area contributed by atoms with Gasteiger partial charge < -0.3 is 14.6 Å². The van der Waals surface area contributed by atoms with Gasteiger partial charge in [-0.05, 0) is 20.8 Å². The lowest BCUT2D eigenvalue weighted by molar-refractivity contribution is 0.0531. The van der Waals surface area contributed by atoms with Crippen LogP contribution in [-0.2, 0) is 15.8 Å². The molecule has 0 aliphatic heterocycles. The average molecular weight is 208 g/mol. The molecule has 78 valence electrons. The van der Waals surface area contributed by atoms with Crippen LogP contribution in [0.5, 0.6) is 0 Å². The fraction of sp³-hybridized carbons (Fsp3) is 0.857. The van der Waals surface area contributed by atoms with Gasteiger partial charge in [0.2, 0.25) is 0 Å². The number of hydrogen-bond donors (Lipinski definition) is 1. The number of amides is 1. The van der Waals surface area contributed by atoms with E-state index in [1.807, 2.05) is 0 Å². The Labute approximate surface area is 80.1 Å². The number of carbonyl (C=O) groups excluding carboxylic acids is 1. The van der Waals surface area contributed by atoms with E-state index < -0.39 is 22.8 Å². The van der Waals surface area contributed by atoms with E-state index in [4.69, 9.17) is 4.74 Å². The van der Waals surface area contributed by atoms with Crippen LogP contribution in [0.25, 0.3) is 0 Å². The van der Waals surface area contributed by atoms with Crippen molar-refractivity contribution in [3.8, 4) is 0 Å². The Morgan fingerprint density at radius 3 is 2.46 bits per heavy atom. The maximum atomic E-state index is 10.9. The molecule has 6 heteroatoms. The third kappa shape index (κ3) is 9.29. The van der Waals surface area contributed by atoms with Crippen molar-refractivity contribution in [1.29, 1.82) is 0 Å². The van der Waals surface area contributed by atoms with Crippen LogP contribution < -0.4 is 5.32 Å². The second-order valence-electron chi connectivity index (χ2n) is 3.44. The smallest absolute Gasteiger partial charge is 0.407 e. The molecule has 0 spiro atoms. The summed E-state index contributed by atoms with van der Waals surface area (Å²) < 4.78 is 25.0. The van der Waals surface area contributed by atoms with Crippen molar-refractivity contribution in [1.82, 2.24) is 5.32 Å². The number of carbonyl (C=O) groups is 1. The fourth-order valence-corrected chi connectivity index (χ4v) is 0.819. The first-order chi connectivity index (χ1) is 5.81. The molecule has 1 atom stereocenters. The first-order valence-corrected chi connectivity index (χ1v) is 5.08. The summed E-state index contributed by atoms with van der Waals surface area (Å²) in [5, 5.41) is 2.32. The van der Waals surface area contributed by atoms with Crippen LogP contribution in [-0.4, -0.2) is 32.8 Å². The standard InChI is InChI=1S/C7H15NO4S/c1-7(2,3)12-6(9)8-4-5-13(10)11/h4-5H2,1-3H3,(H,8,9)(H,10,11)/p-1. The van der Waals surface area contributed by atoms with E-state index in [0.717, 1.165) is 0 Å². The van der Waals surface area contributed by atoms with Crippen LogP contribution in [0.4, 0.5) is 4.79 Å². The van der Waals surface area contributed by atoms with E-state index in [1.54, 1.807) is 20.8 Å². The maximum absolute atomic E-state index is 10.9. The Bertz CT molecular complexity index is 199. The monoisotopic (exact) mass is 208 g/mol. The predicted molar refractivity (Wildman–Crippen MR) is 48.0 cm³/mol. The summed E-state index contributed by atoms with van der Waals surface area (Å²) in [6.07, 6.45) is -0.599. The molecule has 0 aliphatic rings. The molecule has 0 aromatic carbocycles. The summed E-state index contributed by atoms with van der Waals surface area (Å²) >= 11 is -2.13. The van der Waals surface area contributed by atoms with Crippen molar-refractivity contribution in [2.24, 2.45) is 0 Å². The molecule has 0 bridgehead atoms. The third-order valence-electron chi connectivity index (χ3n) is 0.937. The molecule has 5 nitrogen and oxygen atoms in total. The van der Waals surface area contributed by atoms with Crippen molar-refractivity contribution >= 4 is 17.2 Å². The topological polar surface area (TPSA) is 78.5 Å². The Hall–Kier alpha value is -0.620. The Morgan fingerprint density at radius 2 is 2.08 bits per heavy atom. The highest BCUT2D eigenvalue weighted by atomic mass is 32.2. The van der Waals surface area contributed by atoms with E-state index in [9.17, 15) is 13.6 Å². The molecule has 13 heavy (non-hydrogen) atoms. The molecule has 1 unspecified atom stereocenters. The third-order valence-corrected chi connectivity index (χ3v) is 1.47. The van der Waals surface area contributed by atoms with Gasteiger partial charge in [-0.15, -0.1) is 0 Å². The number of hydrogen-bond acceptors (Lipinski definition) is 4.